The number of carbonyl (C=O) groups excluding carboxylic acids is 1. The number of fused-ring (bicyclic) bond motifs is 1. The first-order chi connectivity index (χ1) is 15.6. The lowest BCUT2D eigenvalue weighted by molar-refractivity contribution is 0.0945. The predicted octanol–water partition coefficient (Wildman–Crippen LogP) is 1.49. The van der Waals surface area contributed by atoms with Crippen molar-refractivity contribution in [3.05, 3.63) is 57.6 Å². The van der Waals surface area contributed by atoms with E-state index < -0.39 is 0 Å². The number of nitrogens with one attached hydrogen (secondary N) is 2. The summed E-state index contributed by atoms with van der Waals surface area (Å²) in [5.41, 5.74) is 3.77. The Kier molecular flexibility index (Phi) is 5.57. The highest BCUT2D eigenvalue weighted by Crippen LogP contribution is 2.20. The van der Waals surface area contributed by atoms with Gasteiger partial charge in [0.1, 0.15) is 0 Å². The van der Waals surface area contributed by atoms with Crippen molar-refractivity contribution in [3.63, 3.8) is 0 Å². The van der Waals surface area contributed by atoms with E-state index in [-0.39, 0.29) is 11.5 Å². The molecule has 2 N–H and O–H groups in total. The highest BCUT2D eigenvalue weighted by molar-refractivity contribution is 5.92. The van der Waals surface area contributed by atoms with Crippen LogP contribution in [0.2, 0.25) is 0 Å². The fourth-order valence-electron chi connectivity index (χ4n) is 4.01. The zero-order valence-corrected chi connectivity index (χ0v) is 18.2. The number of aromatic nitrogens is 4. The molecule has 0 spiro atoms. The van der Waals surface area contributed by atoms with Gasteiger partial charge < -0.3 is 15.2 Å². The van der Waals surface area contributed by atoms with Gasteiger partial charge in [0.2, 0.25) is 0 Å². The van der Waals surface area contributed by atoms with E-state index in [0.29, 0.717) is 18.2 Å². The lowest BCUT2D eigenvalue weighted by atomic mass is 10.1. The Balaban J connectivity index is 1.18. The fraction of sp³-hybridized carbons (Fsp3) is 0.435. The second-order valence-electron chi connectivity index (χ2n) is 8.54. The minimum Gasteiger partial charge on any atom is -0.353 e. The van der Waals surface area contributed by atoms with Crippen LogP contribution >= 0.6 is 0 Å². The van der Waals surface area contributed by atoms with Gasteiger partial charge >= 0.3 is 0 Å². The average molecular weight is 434 g/mol. The third-order valence-electron chi connectivity index (χ3n) is 6.10. The van der Waals surface area contributed by atoms with Crippen LogP contribution in [0.25, 0.3) is 11.0 Å². The highest BCUT2D eigenvalue weighted by atomic mass is 16.2. The van der Waals surface area contributed by atoms with Crippen LogP contribution in [0.4, 0.5) is 5.82 Å². The summed E-state index contributed by atoms with van der Waals surface area (Å²) in [5, 5.41) is 11.3. The van der Waals surface area contributed by atoms with E-state index in [2.05, 4.69) is 35.3 Å². The van der Waals surface area contributed by atoms with Gasteiger partial charge in [-0.15, -0.1) is 10.2 Å². The third kappa shape index (κ3) is 4.47. The molecule has 1 amide bonds. The molecule has 0 radical (unpaired) electrons. The van der Waals surface area contributed by atoms with E-state index in [1.165, 1.54) is 0 Å². The molecule has 1 aliphatic heterocycles. The topological polar surface area (TPSA) is 107 Å². The molecule has 5 rings (SSSR count). The minimum absolute atomic E-state index is 0.0373. The van der Waals surface area contributed by atoms with Gasteiger partial charge in [0, 0.05) is 50.5 Å². The first-order valence-electron chi connectivity index (χ1n) is 11.2. The molecular formula is C23H27N7O2. The van der Waals surface area contributed by atoms with Crippen LogP contribution in [-0.2, 0) is 13.0 Å². The number of carbonyl (C=O) groups is 1. The molecule has 0 bridgehead atoms. The molecule has 1 saturated carbocycles. The van der Waals surface area contributed by atoms with Gasteiger partial charge in [0.05, 0.1) is 11.0 Å². The monoisotopic (exact) mass is 433 g/mol. The van der Waals surface area contributed by atoms with Crippen LogP contribution in [0.5, 0.6) is 0 Å². The van der Waals surface area contributed by atoms with E-state index in [1.807, 2.05) is 31.3 Å². The quantitative estimate of drug-likeness (QED) is 0.606. The lowest BCUT2D eigenvalue weighted by Gasteiger charge is -2.35. The molecule has 3 aromatic rings. The molecule has 4 heterocycles. The number of amides is 1. The van der Waals surface area contributed by atoms with Crippen molar-refractivity contribution in [3.8, 4) is 0 Å². The van der Waals surface area contributed by atoms with Crippen molar-refractivity contribution >= 4 is 22.8 Å². The van der Waals surface area contributed by atoms with Crippen molar-refractivity contribution in [2.24, 2.45) is 0 Å². The summed E-state index contributed by atoms with van der Waals surface area (Å²) in [7, 11) is 0. The Morgan fingerprint density at radius 2 is 1.97 bits per heavy atom. The van der Waals surface area contributed by atoms with Gasteiger partial charge in [-0.3, -0.25) is 19.5 Å². The molecule has 32 heavy (non-hydrogen) atoms. The molecule has 0 aromatic carbocycles. The molecule has 1 saturated heterocycles. The molecule has 3 aromatic heterocycles. The van der Waals surface area contributed by atoms with E-state index >= 15 is 0 Å². The molecule has 9 nitrogen and oxygen atoms in total. The summed E-state index contributed by atoms with van der Waals surface area (Å²) in [5.74, 6) is 0.650. The summed E-state index contributed by atoms with van der Waals surface area (Å²) in [6.45, 7) is 6.18. The van der Waals surface area contributed by atoms with Crippen LogP contribution in [0.1, 0.15) is 41.4 Å². The Morgan fingerprint density at radius 3 is 2.66 bits per heavy atom. The number of rotatable bonds is 6. The maximum atomic E-state index is 12.1. The maximum Gasteiger partial charge on any atom is 0.272 e. The first kappa shape index (κ1) is 20.6. The Bertz CT molecular complexity index is 1180. The molecule has 1 aliphatic carbocycles. The number of hydrogen-bond donors (Lipinski definition) is 2. The van der Waals surface area contributed by atoms with Gasteiger partial charge in [0.25, 0.3) is 11.5 Å². The van der Waals surface area contributed by atoms with Crippen LogP contribution < -0.4 is 15.8 Å². The summed E-state index contributed by atoms with van der Waals surface area (Å²) >= 11 is 0. The predicted molar refractivity (Wildman–Crippen MR) is 122 cm³/mol. The molecule has 2 aliphatic rings. The van der Waals surface area contributed by atoms with Crippen LogP contribution in [0, 0.1) is 0 Å². The molecule has 9 heteroatoms. The van der Waals surface area contributed by atoms with Gasteiger partial charge in [-0.05, 0) is 49.1 Å². The Hall–Kier alpha value is -3.33. The van der Waals surface area contributed by atoms with Crippen molar-refractivity contribution < 1.29 is 4.79 Å². The number of aromatic amines is 1. The van der Waals surface area contributed by atoms with Crippen molar-refractivity contribution in [1.82, 2.24) is 30.4 Å². The normalized spacial score (nSPS) is 17.0. The van der Waals surface area contributed by atoms with E-state index in [1.54, 1.807) is 6.07 Å². The highest BCUT2D eigenvalue weighted by Gasteiger charge is 2.25. The number of pyridine rings is 2. The second-order valence-corrected chi connectivity index (χ2v) is 8.54. The largest absolute Gasteiger partial charge is 0.353 e. The number of piperazine rings is 1. The van der Waals surface area contributed by atoms with E-state index in [9.17, 15) is 9.59 Å². The third-order valence-corrected chi connectivity index (χ3v) is 6.10. The standard InChI is InChI=1S/C23H27N7O2/c1-2-16-12-19-20(26-22(16)31)11-15(13-24-19)14-29-7-9-30(10-8-29)21-6-5-18(27-28-21)23(32)25-17-3-4-17/h5-6,11-13,17H,2-4,7-10,14H2,1H3,(H,25,32)(H,26,31). The van der Waals surface area contributed by atoms with E-state index in [4.69, 9.17) is 0 Å². The zero-order valence-electron chi connectivity index (χ0n) is 18.2. The van der Waals surface area contributed by atoms with Gasteiger partial charge in [-0.25, -0.2) is 0 Å². The summed E-state index contributed by atoms with van der Waals surface area (Å²) in [6.07, 6.45) is 4.69. The SMILES string of the molecule is CCc1cc2ncc(CN3CCN(c4ccc(C(=O)NC5CC5)nn4)CC3)cc2[nH]c1=O. The molecule has 2 fully saturated rings. The van der Waals surface area contributed by atoms with Crippen molar-refractivity contribution in [1.29, 1.82) is 0 Å². The van der Waals surface area contributed by atoms with Crippen LogP contribution in [0.15, 0.2) is 35.3 Å². The number of nitrogens with zero attached hydrogens (tertiary/aromatic N) is 5. The summed E-state index contributed by atoms with van der Waals surface area (Å²) in [4.78, 5) is 36.2. The van der Waals surface area contributed by atoms with Crippen LogP contribution in [-0.4, -0.2) is 63.2 Å². The summed E-state index contributed by atoms with van der Waals surface area (Å²) in [6, 6.07) is 7.82. The Morgan fingerprint density at radius 1 is 1.16 bits per heavy atom. The minimum atomic E-state index is -0.146. The fourth-order valence-corrected chi connectivity index (χ4v) is 4.01. The number of hydrogen-bond acceptors (Lipinski definition) is 7. The molecule has 166 valence electrons. The maximum absolute atomic E-state index is 12.1. The van der Waals surface area contributed by atoms with E-state index in [0.717, 1.165) is 73.5 Å². The molecule has 0 atom stereocenters. The van der Waals surface area contributed by atoms with Crippen molar-refractivity contribution in [2.45, 2.75) is 38.8 Å². The number of H-pyrrole nitrogens is 1. The van der Waals surface area contributed by atoms with Gasteiger partial charge in [0.15, 0.2) is 11.5 Å². The Labute approximate surface area is 185 Å². The zero-order chi connectivity index (χ0) is 22.1. The summed E-state index contributed by atoms with van der Waals surface area (Å²) < 4.78 is 0. The number of anilines is 1. The second kappa shape index (κ2) is 8.66. The van der Waals surface area contributed by atoms with Crippen LogP contribution in [0.3, 0.4) is 0 Å². The first-order valence-corrected chi connectivity index (χ1v) is 11.2. The average Bonchev–Trinajstić information content (AvgIpc) is 3.63. The lowest BCUT2D eigenvalue weighted by Crippen LogP contribution is -2.46. The van der Waals surface area contributed by atoms with Gasteiger partial charge in [-0.2, -0.15) is 0 Å². The van der Waals surface area contributed by atoms with Crippen molar-refractivity contribution in [2.75, 3.05) is 31.1 Å². The van der Waals surface area contributed by atoms with Gasteiger partial charge in [-0.1, -0.05) is 6.92 Å². The number of aryl methyl sites for hydroxylation is 1. The smallest absolute Gasteiger partial charge is 0.272 e. The molecule has 0 unspecified atom stereocenters. The molecular weight excluding hydrogens is 406 g/mol.